The van der Waals surface area contributed by atoms with Gasteiger partial charge in [-0.2, -0.15) is 0 Å². The van der Waals surface area contributed by atoms with Crippen LogP contribution in [-0.4, -0.2) is 34.8 Å². The van der Waals surface area contributed by atoms with Crippen LogP contribution in [0.15, 0.2) is 24.3 Å². The first-order chi connectivity index (χ1) is 14.4. The molecular formula is C25H37N3O3. The molecule has 1 heterocycles. The Morgan fingerprint density at radius 3 is 2.26 bits per heavy atom. The molecule has 1 aromatic rings. The summed E-state index contributed by atoms with van der Waals surface area (Å²) in [5, 5.41) is 5.93. The SMILES string of the molecule is CC1CCC2(CC1)NC(=O)N(CC(=O)NC(c1ccc(C(C)(C)C)cc1)C(C)C)C2=O. The van der Waals surface area contributed by atoms with Crippen LogP contribution >= 0.6 is 0 Å². The molecule has 1 aromatic carbocycles. The van der Waals surface area contributed by atoms with Crippen molar-refractivity contribution >= 4 is 17.8 Å². The fourth-order valence-corrected chi connectivity index (χ4v) is 4.60. The van der Waals surface area contributed by atoms with Gasteiger partial charge in [-0.3, -0.25) is 14.5 Å². The van der Waals surface area contributed by atoms with Crippen molar-refractivity contribution in [1.29, 1.82) is 0 Å². The molecule has 31 heavy (non-hydrogen) atoms. The summed E-state index contributed by atoms with van der Waals surface area (Å²) in [7, 11) is 0. The zero-order valence-corrected chi connectivity index (χ0v) is 19.7. The number of carbonyl (C=O) groups excluding carboxylic acids is 3. The lowest BCUT2D eigenvalue weighted by Gasteiger charge is -2.33. The minimum Gasteiger partial charge on any atom is -0.347 e. The smallest absolute Gasteiger partial charge is 0.325 e. The number of hydrogen-bond acceptors (Lipinski definition) is 3. The summed E-state index contributed by atoms with van der Waals surface area (Å²) in [6.07, 6.45) is 3.11. The third-order valence-electron chi connectivity index (χ3n) is 6.79. The van der Waals surface area contributed by atoms with Crippen molar-refractivity contribution in [2.45, 2.75) is 84.2 Å². The van der Waals surface area contributed by atoms with Gasteiger partial charge >= 0.3 is 6.03 Å². The fourth-order valence-electron chi connectivity index (χ4n) is 4.60. The van der Waals surface area contributed by atoms with Crippen molar-refractivity contribution < 1.29 is 14.4 Å². The molecule has 1 unspecified atom stereocenters. The molecule has 4 amide bonds. The van der Waals surface area contributed by atoms with E-state index < -0.39 is 11.6 Å². The number of nitrogens with zero attached hydrogens (tertiary/aromatic N) is 1. The molecule has 3 rings (SSSR count). The highest BCUT2D eigenvalue weighted by atomic mass is 16.2. The Balaban J connectivity index is 1.68. The Kier molecular flexibility index (Phi) is 6.49. The average Bonchev–Trinajstić information content (AvgIpc) is 2.92. The van der Waals surface area contributed by atoms with Gasteiger partial charge in [0.1, 0.15) is 12.1 Å². The molecule has 1 aliphatic carbocycles. The van der Waals surface area contributed by atoms with Crippen LogP contribution in [-0.2, 0) is 15.0 Å². The molecule has 2 aliphatic rings. The molecule has 1 aliphatic heterocycles. The van der Waals surface area contributed by atoms with Crippen molar-refractivity contribution in [1.82, 2.24) is 15.5 Å². The fraction of sp³-hybridized carbons (Fsp3) is 0.640. The minimum atomic E-state index is -0.815. The van der Waals surface area contributed by atoms with Crippen LogP contribution in [0.2, 0.25) is 0 Å². The Labute approximate surface area is 186 Å². The second kappa shape index (κ2) is 8.64. The molecule has 2 N–H and O–H groups in total. The molecule has 0 bridgehead atoms. The first-order valence-electron chi connectivity index (χ1n) is 11.5. The second-order valence-corrected chi connectivity index (χ2v) is 10.7. The quantitative estimate of drug-likeness (QED) is 0.688. The Morgan fingerprint density at radius 1 is 1.16 bits per heavy atom. The van der Waals surface area contributed by atoms with Crippen LogP contribution < -0.4 is 10.6 Å². The van der Waals surface area contributed by atoms with E-state index in [1.807, 2.05) is 0 Å². The third-order valence-corrected chi connectivity index (χ3v) is 6.79. The van der Waals surface area contributed by atoms with E-state index >= 15 is 0 Å². The number of carbonyl (C=O) groups is 3. The van der Waals surface area contributed by atoms with E-state index in [1.54, 1.807) is 0 Å². The Morgan fingerprint density at radius 2 is 1.74 bits per heavy atom. The molecule has 1 saturated carbocycles. The normalized spacial score (nSPS) is 25.1. The average molecular weight is 428 g/mol. The maximum Gasteiger partial charge on any atom is 0.325 e. The summed E-state index contributed by atoms with van der Waals surface area (Å²) < 4.78 is 0. The predicted molar refractivity (Wildman–Crippen MR) is 121 cm³/mol. The highest BCUT2D eigenvalue weighted by Crippen LogP contribution is 2.36. The van der Waals surface area contributed by atoms with Gasteiger partial charge in [0.25, 0.3) is 5.91 Å². The summed E-state index contributed by atoms with van der Waals surface area (Å²) in [5.74, 6) is 0.154. The van der Waals surface area contributed by atoms with Gasteiger partial charge in [-0.1, -0.05) is 65.8 Å². The number of rotatable bonds is 5. The largest absolute Gasteiger partial charge is 0.347 e. The lowest BCUT2D eigenvalue weighted by molar-refractivity contribution is -0.136. The maximum atomic E-state index is 13.0. The van der Waals surface area contributed by atoms with E-state index in [9.17, 15) is 14.4 Å². The number of hydrogen-bond donors (Lipinski definition) is 2. The van der Waals surface area contributed by atoms with Crippen LogP contribution in [0.5, 0.6) is 0 Å². The highest BCUT2D eigenvalue weighted by Gasteiger charge is 2.52. The summed E-state index contributed by atoms with van der Waals surface area (Å²) in [5.41, 5.74) is 1.50. The van der Waals surface area contributed by atoms with E-state index in [2.05, 4.69) is 76.4 Å². The first-order valence-corrected chi connectivity index (χ1v) is 11.5. The van der Waals surface area contributed by atoms with E-state index in [-0.39, 0.29) is 35.7 Å². The van der Waals surface area contributed by atoms with E-state index in [4.69, 9.17) is 0 Å². The summed E-state index contributed by atoms with van der Waals surface area (Å²) in [4.78, 5) is 39.5. The van der Waals surface area contributed by atoms with Gasteiger partial charge in [0, 0.05) is 0 Å². The number of nitrogens with one attached hydrogen (secondary N) is 2. The number of benzene rings is 1. The third kappa shape index (κ3) is 4.94. The summed E-state index contributed by atoms with van der Waals surface area (Å²) >= 11 is 0. The van der Waals surface area contributed by atoms with Crippen molar-refractivity contribution in [2.24, 2.45) is 11.8 Å². The highest BCUT2D eigenvalue weighted by molar-refractivity contribution is 6.09. The molecule has 170 valence electrons. The van der Waals surface area contributed by atoms with E-state index in [1.165, 1.54) is 5.56 Å². The molecule has 0 aromatic heterocycles. The van der Waals surface area contributed by atoms with Crippen LogP contribution in [0.1, 0.15) is 84.4 Å². The molecule has 1 atom stereocenters. The first kappa shape index (κ1) is 23.3. The second-order valence-electron chi connectivity index (χ2n) is 10.7. The Bertz CT molecular complexity index is 831. The molecule has 1 spiro atoms. The van der Waals surface area contributed by atoms with Crippen molar-refractivity contribution in [3.63, 3.8) is 0 Å². The van der Waals surface area contributed by atoms with Crippen LogP contribution in [0, 0.1) is 11.8 Å². The Hall–Kier alpha value is -2.37. The standard InChI is InChI=1S/C25H37N3O3/c1-16(2)21(18-7-9-19(10-8-18)24(4,5)6)26-20(29)15-28-22(30)25(27-23(28)31)13-11-17(3)12-14-25/h7-10,16-17,21H,11-15H2,1-6H3,(H,26,29)(H,27,31). The van der Waals surface area contributed by atoms with Gasteiger partial charge in [-0.25, -0.2) is 4.79 Å². The number of imide groups is 1. The lowest BCUT2D eigenvalue weighted by Crippen LogP contribution is -2.50. The number of amides is 4. The van der Waals surface area contributed by atoms with Gasteiger partial charge in [-0.05, 0) is 54.1 Å². The van der Waals surface area contributed by atoms with Crippen molar-refractivity contribution in [2.75, 3.05) is 6.54 Å². The van der Waals surface area contributed by atoms with E-state index in [0.717, 1.165) is 23.3 Å². The van der Waals surface area contributed by atoms with Crippen LogP contribution in [0.4, 0.5) is 4.79 Å². The van der Waals surface area contributed by atoms with Crippen LogP contribution in [0.25, 0.3) is 0 Å². The molecule has 1 saturated heterocycles. The van der Waals surface area contributed by atoms with Gasteiger partial charge in [0.2, 0.25) is 5.91 Å². The lowest BCUT2D eigenvalue weighted by atomic mass is 9.77. The molecule has 6 nitrogen and oxygen atoms in total. The topological polar surface area (TPSA) is 78.5 Å². The minimum absolute atomic E-state index is 0.0610. The van der Waals surface area contributed by atoms with Gasteiger partial charge in [0.05, 0.1) is 6.04 Å². The molecule has 2 fully saturated rings. The monoisotopic (exact) mass is 427 g/mol. The molecule has 6 heteroatoms. The molecule has 0 radical (unpaired) electrons. The van der Waals surface area contributed by atoms with Crippen molar-refractivity contribution in [3.8, 4) is 0 Å². The predicted octanol–water partition coefficient (Wildman–Crippen LogP) is 4.30. The van der Waals surface area contributed by atoms with Gasteiger partial charge in [-0.15, -0.1) is 0 Å². The summed E-state index contributed by atoms with van der Waals surface area (Å²) in [6, 6.07) is 7.66. The van der Waals surface area contributed by atoms with E-state index in [0.29, 0.717) is 18.8 Å². The maximum absolute atomic E-state index is 13.0. The zero-order valence-electron chi connectivity index (χ0n) is 19.7. The van der Waals surface area contributed by atoms with Crippen LogP contribution in [0.3, 0.4) is 0 Å². The van der Waals surface area contributed by atoms with Crippen molar-refractivity contribution in [3.05, 3.63) is 35.4 Å². The summed E-state index contributed by atoms with van der Waals surface area (Å²) in [6.45, 7) is 12.5. The van der Waals surface area contributed by atoms with Gasteiger partial charge < -0.3 is 10.6 Å². The number of urea groups is 1. The van der Waals surface area contributed by atoms with Gasteiger partial charge in [0.15, 0.2) is 0 Å². The molecular weight excluding hydrogens is 390 g/mol. The zero-order chi connectivity index (χ0) is 23.0.